The SMILES string of the molecule is [2H]C([2H])([2H])c1ccc(-c2[c-]cc(C([2H])([2H])[2H])c(-c3ccccc3)c2)nc1.[2H]C([2H])([2H])c1cnc(-c2[c-]ccc3c2oc2cc4c(ccc5ccccc54)cc23)cc1-c1ccc(C(C)(CC)CC)cc1C([2H])([2H])[2H].[Ir]. The Morgan fingerprint density at radius 2 is 1.39 bits per heavy atom. The molecule has 3 heterocycles. The molecular formula is C58H50IrN2O-2. The predicted octanol–water partition coefficient (Wildman–Crippen LogP) is 15.9. The molecule has 0 aliphatic heterocycles. The van der Waals surface area contributed by atoms with Crippen molar-refractivity contribution in [2.24, 2.45) is 0 Å². The molecule has 0 atom stereocenters. The first-order valence-electron chi connectivity index (χ1n) is 26.4. The maximum atomic E-state index is 8.46. The molecule has 0 saturated heterocycles. The van der Waals surface area contributed by atoms with Crippen LogP contribution in [-0.2, 0) is 25.5 Å². The maximum Gasteiger partial charge on any atom is 0.121 e. The quantitative estimate of drug-likeness (QED) is 0.118. The van der Waals surface area contributed by atoms with Crippen molar-refractivity contribution in [3.63, 3.8) is 0 Å². The van der Waals surface area contributed by atoms with E-state index >= 15 is 0 Å². The number of fused-ring (bicyclic) bond motifs is 6. The number of rotatable bonds is 7. The summed E-state index contributed by atoms with van der Waals surface area (Å²) in [7, 11) is 0. The van der Waals surface area contributed by atoms with Gasteiger partial charge < -0.3 is 14.4 Å². The van der Waals surface area contributed by atoms with Gasteiger partial charge >= 0.3 is 0 Å². The minimum absolute atomic E-state index is 0. The number of aryl methyl sites for hydroxylation is 4. The van der Waals surface area contributed by atoms with Crippen molar-refractivity contribution >= 4 is 43.5 Å². The van der Waals surface area contributed by atoms with Gasteiger partial charge in [0, 0.05) is 54.3 Å². The number of hydrogen-bond acceptors (Lipinski definition) is 3. The van der Waals surface area contributed by atoms with E-state index in [0.29, 0.717) is 44.8 Å². The third-order valence-electron chi connectivity index (χ3n) is 12.1. The van der Waals surface area contributed by atoms with Crippen LogP contribution in [0.25, 0.3) is 88.3 Å². The van der Waals surface area contributed by atoms with Crippen molar-refractivity contribution in [3.8, 4) is 44.8 Å². The molecule has 309 valence electrons. The zero-order chi connectivity index (χ0) is 52.3. The Morgan fingerprint density at radius 3 is 2.16 bits per heavy atom. The van der Waals surface area contributed by atoms with Gasteiger partial charge in [-0.3, -0.25) is 0 Å². The summed E-state index contributed by atoms with van der Waals surface area (Å²) in [5, 5.41) is 6.31. The first kappa shape index (κ1) is 30.0. The second-order valence-corrected chi connectivity index (χ2v) is 15.7. The molecule has 7 aromatic carbocycles. The van der Waals surface area contributed by atoms with Crippen LogP contribution < -0.4 is 0 Å². The van der Waals surface area contributed by atoms with Crippen LogP contribution in [0.15, 0.2) is 156 Å². The molecule has 0 N–H and O–H groups in total. The second-order valence-electron chi connectivity index (χ2n) is 15.7. The Bertz CT molecular complexity index is 3670. The molecule has 4 heteroatoms. The van der Waals surface area contributed by atoms with Gasteiger partial charge in [0.1, 0.15) is 5.58 Å². The van der Waals surface area contributed by atoms with Crippen molar-refractivity contribution < 1.29 is 41.0 Å². The Balaban J connectivity index is 0.000000229. The normalized spacial score (nSPS) is 15.1. The first-order chi connectivity index (χ1) is 34.5. The molecule has 0 unspecified atom stereocenters. The van der Waals surface area contributed by atoms with E-state index < -0.39 is 27.4 Å². The fourth-order valence-electron chi connectivity index (χ4n) is 8.11. The van der Waals surface area contributed by atoms with E-state index in [2.05, 4.69) is 79.3 Å². The van der Waals surface area contributed by atoms with E-state index in [-0.39, 0.29) is 47.8 Å². The number of nitrogens with zero attached hydrogens (tertiary/aromatic N) is 2. The molecule has 62 heavy (non-hydrogen) atoms. The molecule has 0 aliphatic rings. The molecule has 0 saturated carbocycles. The molecule has 1 radical (unpaired) electrons. The molecule has 0 spiro atoms. The summed E-state index contributed by atoms with van der Waals surface area (Å²) >= 11 is 0. The van der Waals surface area contributed by atoms with Crippen molar-refractivity contribution in [1.29, 1.82) is 0 Å². The summed E-state index contributed by atoms with van der Waals surface area (Å²) in [4.78, 5) is 8.81. The van der Waals surface area contributed by atoms with Crippen molar-refractivity contribution in [2.75, 3.05) is 0 Å². The number of hydrogen-bond donors (Lipinski definition) is 0. The van der Waals surface area contributed by atoms with Gasteiger partial charge in [-0.2, -0.15) is 0 Å². The average molecular weight is 995 g/mol. The van der Waals surface area contributed by atoms with Crippen LogP contribution >= 0.6 is 0 Å². The van der Waals surface area contributed by atoms with Gasteiger partial charge in [0.25, 0.3) is 0 Å². The summed E-state index contributed by atoms with van der Waals surface area (Å²) in [6, 6.07) is 49.4. The molecule has 3 nitrogen and oxygen atoms in total. The predicted molar refractivity (Wildman–Crippen MR) is 257 cm³/mol. The zero-order valence-corrected chi connectivity index (χ0v) is 36.9. The molecule has 0 fully saturated rings. The molecule has 3 aromatic heterocycles. The van der Waals surface area contributed by atoms with Crippen LogP contribution in [0.2, 0.25) is 0 Å². The third-order valence-corrected chi connectivity index (χ3v) is 12.1. The van der Waals surface area contributed by atoms with Gasteiger partial charge in [0.15, 0.2) is 0 Å². The summed E-state index contributed by atoms with van der Waals surface area (Å²) in [6.45, 7) is -3.17. The van der Waals surface area contributed by atoms with Crippen LogP contribution in [0, 0.1) is 39.5 Å². The fraction of sp³-hybridized carbons (Fsp3) is 0.172. The van der Waals surface area contributed by atoms with E-state index in [0.717, 1.165) is 61.9 Å². The smallest absolute Gasteiger partial charge is 0.121 e. The van der Waals surface area contributed by atoms with E-state index in [4.69, 9.17) is 20.9 Å². The molecule has 10 rings (SSSR count). The van der Waals surface area contributed by atoms with Crippen LogP contribution in [0.1, 0.15) is 77.9 Å². The van der Waals surface area contributed by atoms with Gasteiger partial charge in [-0.05, 0) is 123 Å². The van der Waals surface area contributed by atoms with Gasteiger partial charge in [0.05, 0.1) is 5.58 Å². The van der Waals surface area contributed by atoms with Crippen molar-refractivity contribution in [2.45, 2.75) is 66.4 Å². The van der Waals surface area contributed by atoms with Crippen LogP contribution in [0.4, 0.5) is 0 Å². The Hall–Kier alpha value is -6.19. The Morgan fingerprint density at radius 1 is 0.597 bits per heavy atom. The molecular weight excluding hydrogens is 933 g/mol. The molecule has 10 aromatic rings. The third kappa shape index (κ3) is 8.02. The fourth-order valence-corrected chi connectivity index (χ4v) is 8.11. The van der Waals surface area contributed by atoms with E-state index in [1.54, 1.807) is 30.3 Å². The minimum atomic E-state index is -2.52. The average Bonchev–Trinajstić information content (AvgIpc) is 3.74. The van der Waals surface area contributed by atoms with Crippen LogP contribution in [0.3, 0.4) is 0 Å². The van der Waals surface area contributed by atoms with Crippen LogP contribution in [0.5, 0.6) is 0 Å². The van der Waals surface area contributed by atoms with E-state index in [9.17, 15) is 0 Å². The standard InChI is InChI=1S/C39H34NO.C19H16N.Ir/c1-6-39(5,7-2)28-17-18-29(24(3)19-28)33-21-36(40-23-25(33)4)32-14-10-13-31-35-20-27-16-15-26-11-8-9-12-30(26)34(27)22-37(35)41-38(31)32;1-14-8-11-19(20-13-14)17-10-9-15(2)18(12-17)16-6-4-3-5-7-16;/h8-13,15-23H,6-7H2,1-5H3;3-9,11-13H,1-2H3;/q2*-1;/i3D3,4D3;1D3,2D3;. The Kier molecular flexibility index (Phi) is 8.53. The van der Waals surface area contributed by atoms with E-state index in [1.807, 2.05) is 60.7 Å². The second kappa shape index (κ2) is 17.7. The number of benzene rings is 7. The minimum Gasteiger partial charge on any atom is -0.501 e. The van der Waals surface area contributed by atoms with Gasteiger partial charge in [0.2, 0.25) is 0 Å². The Labute approximate surface area is 396 Å². The maximum absolute atomic E-state index is 8.46. The number of furan rings is 1. The molecule has 0 bridgehead atoms. The van der Waals surface area contributed by atoms with Gasteiger partial charge in [-0.15, -0.1) is 47.5 Å². The monoisotopic (exact) mass is 995 g/mol. The zero-order valence-electron chi connectivity index (χ0n) is 46.5. The van der Waals surface area contributed by atoms with Crippen molar-refractivity contribution in [3.05, 3.63) is 192 Å². The largest absolute Gasteiger partial charge is 0.501 e. The molecule has 0 amide bonds. The number of aromatic nitrogens is 2. The molecule has 0 aliphatic carbocycles. The first-order valence-corrected chi connectivity index (χ1v) is 20.4. The van der Waals surface area contributed by atoms with Gasteiger partial charge in [-0.1, -0.05) is 147 Å². The summed E-state index contributed by atoms with van der Waals surface area (Å²) in [5.74, 6) is 0. The van der Waals surface area contributed by atoms with Crippen LogP contribution in [-0.4, -0.2) is 9.97 Å². The topological polar surface area (TPSA) is 38.9 Å². The van der Waals surface area contributed by atoms with Gasteiger partial charge in [-0.25, -0.2) is 0 Å². The summed E-state index contributed by atoms with van der Waals surface area (Å²) in [6.07, 6.45) is 4.33. The van der Waals surface area contributed by atoms with E-state index in [1.165, 1.54) is 24.5 Å². The van der Waals surface area contributed by atoms with Crippen molar-refractivity contribution in [1.82, 2.24) is 9.97 Å². The summed E-state index contributed by atoms with van der Waals surface area (Å²) in [5.41, 5.74) is 6.68. The number of pyridine rings is 2. The summed E-state index contributed by atoms with van der Waals surface area (Å²) < 4.78 is 102.